The van der Waals surface area contributed by atoms with Crippen molar-refractivity contribution < 1.29 is 13.6 Å². The SMILES string of the molecule is CN1CCN(C)C(C(=O)c2ccc(F)cc2F)C1. The van der Waals surface area contributed by atoms with E-state index in [0.29, 0.717) is 6.54 Å². The Morgan fingerprint density at radius 3 is 2.67 bits per heavy atom. The van der Waals surface area contributed by atoms with Gasteiger partial charge in [0.1, 0.15) is 11.6 Å². The van der Waals surface area contributed by atoms with Crippen LogP contribution in [0.5, 0.6) is 0 Å². The van der Waals surface area contributed by atoms with Crippen molar-refractivity contribution in [2.45, 2.75) is 6.04 Å². The van der Waals surface area contributed by atoms with Crippen LogP contribution in [0.3, 0.4) is 0 Å². The molecule has 3 nitrogen and oxygen atoms in total. The highest BCUT2D eigenvalue weighted by Gasteiger charge is 2.30. The van der Waals surface area contributed by atoms with Gasteiger partial charge in [0.15, 0.2) is 5.78 Å². The molecule has 5 heteroatoms. The zero-order valence-corrected chi connectivity index (χ0v) is 10.5. The van der Waals surface area contributed by atoms with Crippen LogP contribution in [0.25, 0.3) is 0 Å². The Morgan fingerprint density at radius 2 is 2.00 bits per heavy atom. The summed E-state index contributed by atoms with van der Waals surface area (Å²) < 4.78 is 26.4. The molecule has 2 rings (SSSR count). The Morgan fingerprint density at radius 1 is 1.28 bits per heavy atom. The lowest BCUT2D eigenvalue weighted by Crippen LogP contribution is -2.53. The third-order valence-electron chi connectivity index (χ3n) is 3.35. The summed E-state index contributed by atoms with van der Waals surface area (Å²) in [6.07, 6.45) is 0. The van der Waals surface area contributed by atoms with Crippen LogP contribution in [0, 0.1) is 11.6 Å². The summed E-state index contributed by atoms with van der Waals surface area (Å²) in [6, 6.07) is 2.71. The summed E-state index contributed by atoms with van der Waals surface area (Å²) in [4.78, 5) is 16.2. The maximum absolute atomic E-state index is 13.6. The van der Waals surface area contributed by atoms with Crippen LogP contribution in [-0.4, -0.2) is 55.4 Å². The van der Waals surface area contributed by atoms with Gasteiger partial charge in [-0.25, -0.2) is 8.78 Å². The first kappa shape index (κ1) is 13.1. The van der Waals surface area contributed by atoms with E-state index in [1.54, 1.807) is 0 Å². The highest BCUT2D eigenvalue weighted by atomic mass is 19.1. The van der Waals surface area contributed by atoms with E-state index in [-0.39, 0.29) is 17.4 Å². The Kier molecular flexibility index (Phi) is 3.73. The molecule has 1 aliphatic rings. The van der Waals surface area contributed by atoms with E-state index in [0.717, 1.165) is 25.2 Å². The number of nitrogens with zero attached hydrogens (tertiary/aromatic N) is 2. The molecule has 0 saturated carbocycles. The molecule has 0 aromatic heterocycles. The summed E-state index contributed by atoms with van der Waals surface area (Å²) in [5, 5.41) is 0. The second-order valence-electron chi connectivity index (χ2n) is 4.75. The number of Topliss-reactive ketones (excluding diaryl/α,β-unsaturated/α-hetero) is 1. The molecule has 1 atom stereocenters. The smallest absolute Gasteiger partial charge is 0.184 e. The van der Waals surface area contributed by atoms with Gasteiger partial charge in [0.2, 0.25) is 0 Å². The fourth-order valence-electron chi connectivity index (χ4n) is 2.16. The molecule has 1 fully saturated rings. The molecule has 0 bridgehead atoms. The first-order chi connectivity index (χ1) is 8.49. The van der Waals surface area contributed by atoms with Crippen LogP contribution < -0.4 is 0 Å². The van der Waals surface area contributed by atoms with Gasteiger partial charge in [-0.05, 0) is 26.2 Å². The second-order valence-corrected chi connectivity index (χ2v) is 4.75. The lowest BCUT2D eigenvalue weighted by atomic mass is 10.0. The molecule has 0 N–H and O–H groups in total. The zero-order chi connectivity index (χ0) is 13.3. The number of benzene rings is 1. The van der Waals surface area contributed by atoms with Crippen LogP contribution >= 0.6 is 0 Å². The molecule has 1 unspecified atom stereocenters. The Hall–Kier alpha value is -1.33. The second kappa shape index (κ2) is 5.12. The van der Waals surface area contributed by atoms with Crippen molar-refractivity contribution in [1.29, 1.82) is 0 Å². The molecule has 18 heavy (non-hydrogen) atoms. The molecule has 1 aromatic carbocycles. The standard InChI is InChI=1S/C13H16F2N2O/c1-16-5-6-17(2)12(8-16)13(18)10-4-3-9(14)7-11(10)15/h3-4,7,12H,5-6,8H2,1-2H3. The third-order valence-corrected chi connectivity index (χ3v) is 3.35. The number of rotatable bonds is 2. The summed E-state index contributed by atoms with van der Waals surface area (Å²) in [5.41, 5.74) is -0.0384. The third kappa shape index (κ3) is 2.57. The van der Waals surface area contributed by atoms with E-state index in [9.17, 15) is 13.6 Å². The van der Waals surface area contributed by atoms with Gasteiger partial charge in [0.05, 0.1) is 11.6 Å². The first-order valence-electron chi connectivity index (χ1n) is 5.87. The van der Waals surface area contributed by atoms with Crippen LogP contribution in [0.15, 0.2) is 18.2 Å². The summed E-state index contributed by atoms with van der Waals surface area (Å²) in [6.45, 7) is 2.20. The van der Waals surface area contributed by atoms with Crippen LogP contribution in [0.1, 0.15) is 10.4 Å². The zero-order valence-electron chi connectivity index (χ0n) is 10.5. The predicted molar refractivity (Wildman–Crippen MR) is 64.6 cm³/mol. The average Bonchev–Trinajstić information content (AvgIpc) is 2.31. The molecule has 1 aliphatic heterocycles. The minimum Gasteiger partial charge on any atom is -0.303 e. The highest BCUT2D eigenvalue weighted by molar-refractivity contribution is 6.00. The summed E-state index contributed by atoms with van der Waals surface area (Å²) >= 11 is 0. The van der Waals surface area contributed by atoms with E-state index in [4.69, 9.17) is 0 Å². The van der Waals surface area contributed by atoms with Gasteiger partial charge in [0.25, 0.3) is 0 Å². The molecule has 98 valence electrons. The number of likely N-dealkylation sites (N-methyl/N-ethyl adjacent to an activating group) is 2. The largest absolute Gasteiger partial charge is 0.303 e. The Balaban J connectivity index is 2.24. The van der Waals surface area contributed by atoms with E-state index >= 15 is 0 Å². The predicted octanol–water partition coefficient (Wildman–Crippen LogP) is 1.39. The lowest BCUT2D eigenvalue weighted by Gasteiger charge is -2.36. The number of ketones is 1. The molecular weight excluding hydrogens is 238 g/mol. The van der Waals surface area contributed by atoms with E-state index < -0.39 is 11.6 Å². The van der Waals surface area contributed by atoms with E-state index in [1.165, 1.54) is 6.07 Å². The maximum Gasteiger partial charge on any atom is 0.184 e. The Bertz CT molecular complexity index is 464. The van der Waals surface area contributed by atoms with Crippen molar-refractivity contribution in [2.24, 2.45) is 0 Å². The molecular formula is C13H16F2N2O. The number of hydrogen-bond donors (Lipinski definition) is 0. The number of halogens is 2. The molecule has 1 saturated heterocycles. The lowest BCUT2D eigenvalue weighted by molar-refractivity contribution is 0.0682. The van der Waals surface area contributed by atoms with Gasteiger partial charge in [-0.2, -0.15) is 0 Å². The average molecular weight is 254 g/mol. The quantitative estimate of drug-likeness (QED) is 0.745. The number of hydrogen-bond acceptors (Lipinski definition) is 3. The monoisotopic (exact) mass is 254 g/mol. The van der Waals surface area contributed by atoms with Gasteiger partial charge < -0.3 is 4.90 Å². The first-order valence-corrected chi connectivity index (χ1v) is 5.87. The van der Waals surface area contributed by atoms with Crippen molar-refractivity contribution in [1.82, 2.24) is 9.80 Å². The van der Waals surface area contributed by atoms with Crippen LogP contribution in [-0.2, 0) is 0 Å². The van der Waals surface area contributed by atoms with Crippen molar-refractivity contribution in [2.75, 3.05) is 33.7 Å². The van der Waals surface area contributed by atoms with Crippen molar-refractivity contribution in [3.8, 4) is 0 Å². The molecule has 0 radical (unpaired) electrons. The molecule has 0 spiro atoms. The fraction of sp³-hybridized carbons (Fsp3) is 0.462. The van der Waals surface area contributed by atoms with E-state index in [2.05, 4.69) is 0 Å². The van der Waals surface area contributed by atoms with Crippen LogP contribution in [0.2, 0.25) is 0 Å². The highest BCUT2D eigenvalue weighted by Crippen LogP contribution is 2.16. The number of carbonyl (C=O) groups excluding carboxylic acids is 1. The van der Waals surface area contributed by atoms with Gasteiger partial charge in [-0.1, -0.05) is 0 Å². The minimum atomic E-state index is -0.790. The van der Waals surface area contributed by atoms with Crippen molar-refractivity contribution in [3.63, 3.8) is 0 Å². The normalized spacial score (nSPS) is 22.1. The minimum absolute atomic E-state index is 0.0384. The molecule has 1 heterocycles. The summed E-state index contributed by atoms with van der Waals surface area (Å²) in [5.74, 6) is -1.75. The Labute approximate surface area is 105 Å². The number of carbonyl (C=O) groups is 1. The molecule has 1 aromatic rings. The topological polar surface area (TPSA) is 23.6 Å². The maximum atomic E-state index is 13.6. The van der Waals surface area contributed by atoms with Crippen molar-refractivity contribution in [3.05, 3.63) is 35.4 Å². The molecule has 0 aliphatic carbocycles. The van der Waals surface area contributed by atoms with Gasteiger partial charge >= 0.3 is 0 Å². The van der Waals surface area contributed by atoms with Crippen molar-refractivity contribution >= 4 is 5.78 Å². The van der Waals surface area contributed by atoms with Gasteiger partial charge in [-0.15, -0.1) is 0 Å². The van der Waals surface area contributed by atoms with E-state index in [1.807, 2.05) is 23.9 Å². The summed E-state index contributed by atoms with van der Waals surface area (Å²) in [7, 11) is 3.77. The van der Waals surface area contributed by atoms with Gasteiger partial charge in [0, 0.05) is 25.7 Å². The molecule has 0 amide bonds. The van der Waals surface area contributed by atoms with Crippen LogP contribution in [0.4, 0.5) is 8.78 Å². The fourth-order valence-corrected chi connectivity index (χ4v) is 2.16. The van der Waals surface area contributed by atoms with Gasteiger partial charge in [-0.3, -0.25) is 9.69 Å². The number of piperazine rings is 1.